The lowest BCUT2D eigenvalue weighted by Crippen LogP contribution is -2.03. The first kappa shape index (κ1) is 15.5. The Balaban J connectivity index is 1.88. The number of para-hydroxylation sites is 2. The van der Waals surface area contributed by atoms with Gasteiger partial charge < -0.3 is 10.6 Å². The van der Waals surface area contributed by atoms with Crippen molar-refractivity contribution in [2.45, 2.75) is 13.8 Å². The lowest BCUT2D eigenvalue weighted by molar-refractivity contribution is 1.11. The summed E-state index contributed by atoms with van der Waals surface area (Å²) in [4.78, 5) is 9.00. The van der Waals surface area contributed by atoms with Gasteiger partial charge in [-0.15, -0.1) is 0 Å². The van der Waals surface area contributed by atoms with Gasteiger partial charge in [0.15, 0.2) is 0 Å². The third-order valence-corrected chi connectivity index (χ3v) is 4.07. The highest BCUT2D eigenvalue weighted by Crippen LogP contribution is 2.25. The highest BCUT2D eigenvalue weighted by molar-refractivity contribution is 9.10. The van der Waals surface area contributed by atoms with Crippen molar-refractivity contribution in [3.05, 3.63) is 70.3 Å². The van der Waals surface area contributed by atoms with Crippen LogP contribution < -0.4 is 10.6 Å². The van der Waals surface area contributed by atoms with Crippen LogP contribution in [0.5, 0.6) is 0 Å². The summed E-state index contributed by atoms with van der Waals surface area (Å²) in [5, 5.41) is 6.60. The van der Waals surface area contributed by atoms with E-state index in [1.54, 1.807) is 0 Å². The molecule has 0 saturated carbocycles. The van der Waals surface area contributed by atoms with Crippen molar-refractivity contribution in [2.75, 3.05) is 10.6 Å². The highest BCUT2D eigenvalue weighted by atomic mass is 79.9. The zero-order chi connectivity index (χ0) is 16.2. The number of nitrogens with one attached hydrogen (secondary N) is 2. The third-order valence-electron chi connectivity index (χ3n) is 3.38. The average Bonchev–Trinajstić information content (AvgIpc) is 2.51. The molecular formula is C18H17BrN4. The first-order chi connectivity index (χ1) is 11.1. The molecule has 2 N–H and O–H groups in total. The van der Waals surface area contributed by atoms with Crippen LogP contribution in [0.2, 0.25) is 0 Å². The predicted molar refractivity (Wildman–Crippen MR) is 98.7 cm³/mol. The summed E-state index contributed by atoms with van der Waals surface area (Å²) in [6.45, 7) is 4.02. The van der Waals surface area contributed by atoms with Crippen molar-refractivity contribution in [3.63, 3.8) is 0 Å². The molecule has 0 radical (unpaired) electrons. The molecular weight excluding hydrogens is 352 g/mol. The second kappa shape index (κ2) is 6.79. The van der Waals surface area contributed by atoms with Gasteiger partial charge in [-0.05, 0) is 53.5 Å². The minimum Gasteiger partial charge on any atom is -0.340 e. The highest BCUT2D eigenvalue weighted by Gasteiger charge is 2.06. The Kier molecular flexibility index (Phi) is 4.57. The number of hydrogen-bond donors (Lipinski definition) is 2. The molecule has 0 unspecified atom stereocenters. The molecule has 3 aromatic rings. The Morgan fingerprint density at radius 3 is 2.26 bits per heavy atom. The van der Waals surface area contributed by atoms with E-state index in [-0.39, 0.29) is 0 Å². The van der Waals surface area contributed by atoms with E-state index in [0.717, 1.165) is 27.4 Å². The fraction of sp³-hybridized carbons (Fsp3) is 0.111. The maximum Gasteiger partial charge on any atom is 0.229 e. The molecule has 2 aromatic carbocycles. The van der Waals surface area contributed by atoms with Crippen LogP contribution in [-0.4, -0.2) is 9.97 Å². The Bertz CT molecular complexity index is 767. The minimum absolute atomic E-state index is 0.563. The molecule has 0 bridgehead atoms. The molecule has 23 heavy (non-hydrogen) atoms. The lowest BCUT2D eigenvalue weighted by Gasteiger charge is -2.12. The van der Waals surface area contributed by atoms with Gasteiger partial charge in [0, 0.05) is 21.9 Å². The molecule has 1 aromatic heterocycles. The van der Waals surface area contributed by atoms with Crippen molar-refractivity contribution in [1.82, 2.24) is 9.97 Å². The second-order valence-electron chi connectivity index (χ2n) is 5.26. The minimum atomic E-state index is 0.563. The normalized spacial score (nSPS) is 10.4. The fourth-order valence-electron chi connectivity index (χ4n) is 2.22. The summed E-state index contributed by atoms with van der Waals surface area (Å²) >= 11 is 3.52. The standard InChI is InChI=1S/C18H17BrN4/c1-12-7-3-5-9-15(12)21-17-11-13(2)20-18(23-17)22-16-10-6-4-8-14(16)19/h3-11H,1-2H3,(H2,20,21,22,23). The Hall–Kier alpha value is -2.40. The molecule has 0 saturated heterocycles. The van der Waals surface area contributed by atoms with E-state index in [4.69, 9.17) is 0 Å². The third kappa shape index (κ3) is 3.87. The number of aromatic nitrogens is 2. The van der Waals surface area contributed by atoms with E-state index < -0.39 is 0 Å². The van der Waals surface area contributed by atoms with Crippen LogP contribution in [0.25, 0.3) is 0 Å². The number of hydrogen-bond acceptors (Lipinski definition) is 4. The molecule has 5 heteroatoms. The SMILES string of the molecule is Cc1cc(Nc2ccccc2C)nc(Nc2ccccc2Br)n1. The van der Waals surface area contributed by atoms with Gasteiger partial charge >= 0.3 is 0 Å². The first-order valence-corrected chi connectivity index (χ1v) is 8.11. The molecule has 3 rings (SSSR count). The van der Waals surface area contributed by atoms with Crippen LogP contribution in [-0.2, 0) is 0 Å². The number of benzene rings is 2. The smallest absolute Gasteiger partial charge is 0.229 e. The monoisotopic (exact) mass is 368 g/mol. The molecule has 4 nitrogen and oxygen atoms in total. The molecule has 0 aliphatic rings. The fourth-order valence-corrected chi connectivity index (χ4v) is 2.61. The van der Waals surface area contributed by atoms with Crippen LogP contribution in [0.4, 0.5) is 23.1 Å². The quantitative estimate of drug-likeness (QED) is 0.652. The van der Waals surface area contributed by atoms with E-state index in [1.807, 2.05) is 55.5 Å². The summed E-state index contributed by atoms with van der Waals surface area (Å²) in [6.07, 6.45) is 0. The molecule has 0 amide bonds. The first-order valence-electron chi connectivity index (χ1n) is 7.32. The van der Waals surface area contributed by atoms with E-state index in [1.165, 1.54) is 5.56 Å². The topological polar surface area (TPSA) is 49.8 Å². The van der Waals surface area contributed by atoms with Crippen LogP contribution in [0.3, 0.4) is 0 Å². The predicted octanol–water partition coefficient (Wildman–Crippen LogP) is 5.34. The molecule has 0 fully saturated rings. The summed E-state index contributed by atoms with van der Waals surface area (Å²) in [5.41, 5.74) is 4.03. The maximum atomic E-state index is 4.55. The Morgan fingerprint density at radius 2 is 1.52 bits per heavy atom. The summed E-state index contributed by atoms with van der Waals surface area (Å²) in [5.74, 6) is 1.33. The largest absolute Gasteiger partial charge is 0.340 e. The van der Waals surface area contributed by atoms with Crippen molar-refractivity contribution < 1.29 is 0 Å². The molecule has 0 spiro atoms. The van der Waals surface area contributed by atoms with Gasteiger partial charge in [-0.3, -0.25) is 0 Å². The number of aryl methyl sites for hydroxylation is 2. The lowest BCUT2D eigenvalue weighted by atomic mass is 10.2. The Labute approximate surface area is 144 Å². The number of nitrogens with zero attached hydrogens (tertiary/aromatic N) is 2. The van der Waals surface area contributed by atoms with E-state index in [0.29, 0.717) is 5.95 Å². The van der Waals surface area contributed by atoms with Crippen LogP contribution in [0.1, 0.15) is 11.3 Å². The average molecular weight is 369 g/mol. The summed E-state index contributed by atoms with van der Waals surface area (Å²) < 4.78 is 0.971. The summed E-state index contributed by atoms with van der Waals surface area (Å²) in [6, 6.07) is 17.9. The molecule has 0 aliphatic heterocycles. The van der Waals surface area contributed by atoms with Gasteiger partial charge in [-0.1, -0.05) is 30.3 Å². The number of rotatable bonds is 4. The van der Waals surface area contributed by atoms with Gasteiger partial charge in [0.1, 0.15) is 5.82 Å². The van der Waals surface area contributed by atoms with Crippen molar-refractivity contribution in [2.24, 2.45) is 0 Å². The van der Waals surface area contributed by atoms with Crippen LogP contribution in [0, 0.1) is 13.8 Å². The molecule has 0 atom stereocenters. The van der Waals surface area contributed by atoms with Crippen molar-refractivity contribution in [1.29, 1.82) is 0 Å². The van der Waals surface area contributed by atoms with Gasteiger partial charge in [-0.25, -0.2) is 4.98 Å². The number of halogens is 1. The zero-order valence-electron chi connectivity index (χ0n) is 13.0. The van der Waals surface area contributed by atoms with Gasteiger partial charge in [0.05, 0.1) is 5.69 Å². The van der Waals surface area contributed by atoms with Gasteiger partial charge in [0.25, 0.3) is 0 Å². The number of anilines is 4. The maximum absolute atomic E-state index is 4.55. The van der Waals surface area contributed by atoms with Crippen molar-refractivity contribution >= 4 is 39.1 Å². The van der Waals surface area contributed by atoms with E-state index >= 15 is 0 Å². The molecule has 116 valence electrons. The summed E-state index contributed by atoms with van der Waals surface area (Å²) in [7, 11) is 0. The van der Waals surface area contributed by atoms with E-state index in [2.05, 4.69) is 49.5 Å². The Morgan fingerprint density at radius 1 is 0.826 bits per heavy atom. The van der Waals surface area contributed by atoms with E-state index in [9.17, 15) is 0 Å². The van der Waals surface area contributed by atoms with Gasteiger partial charge in [0.2, 0.25) is 5.95 Å². The molecule has 1 heterocycles. The molecule has 0 aliphatic carbocycles. The van der Waals surface area contributed by atoms with Crippen LogP contribution >= 0.6 is 15.9 Å². The second-order valence-corrected chi connectivity index (χ2v) is 6.12. The zero-order valence-corrected chi connectivity index (χ0v) is 14.6. The van der Waals surface area contributed by atoms with Gasteiger partial charge in [-0.2, -0.15) is 4.98 Å². The van der Waals surface area contributed by atoms with Crippen LogP contribution in [0.15, 0.2) is 59.1 Å². The van der Waals surface area contributed by atoms with Crippen molar-refractivity contribution in [3.8, 4) is 0 Å².